The predicted octanol–water partition coefficient (Wildman–Crippen LogP) is 2.31. The molecule has 8 nitrogen and oxygen atoms in total. The van der Waals surface area contributed by atoms with Crippen molar-refractivity contribution in [2.45, 2.75) is 25.5 Å². The molecule has 0 bridgehead atoms. The molecule has 1 saturated heterocycles. The maximum atomic E-state index is 12.7. The lowest BCUT2D eigenvalue weighted by Crippen LogP contribution is -2.48. The van der Waals surface area contributed by atoms with Crippen LogP contribution in [0.2, 0.25) is 0 Å². The molecule has 0 aliphatic carbocycles. The van der Waals surface area contributed by atoms with Gasteiger partial charge < -0.3 is 9.42 Å². The van der Waals surface area contributed by atoms with Crippen molar-refractivity contribution in [2.75, 3.05) is 31.9 Å². The van der Waals surface area contributed by atoms with Crippen LogP contribution in [0.5, 0.6) is 0 Å². The number of benzene rings is 1. The van der Waals surface area contributed by atoms with E-state index < -0.39 is 0 Å². The number of aromatic nitrogens is 4. The van der Waals surface area contributed by atoms with E-state index in [0.29, 0.717) is 5.75 Å². The number of nitrogens with zero attached hydrogens (tertiary/aromatic N) is 6. The molecule has 0 spiro atoms. The molecule has 3 aromatic rings. The van der Waals surface area contributed by atoms with E-state index in [4.69, 9.17) is 4.52 Å². The second kappa shape index (κ2) is 8.79. The monoisotopic (exact) mass is 412 g/mol. The minimum absolute atomic E-state index is 0.128. The number of rotatable bonds is 6. The zero-order valence-corrected chi connectivity index (χ0v) is 17.4. The van der Waals surface area contributed by atoms with Crippen molar-refractivity contribution in [3.05, 3.63) is 53.7 Å². The van der Waals surface area contributed by atoms with Gasteiger partial charge in [-0.05, 0) is 26.0 Å². The van der Waals surface area contributed by atoms with Gasteiger partial charge in [-0.2, -0.15) is 0 Å². The predicted molar refractivity (Wildman–Crippen MR) is 110 cm³/mol. The van der Waals surface area contributed by atoms with Crippen molar-refractivity contribution < 1.29 is 9.32 Å². The number of carbonyl (C=O) groups is 1. The quantitative estimate of drug-likeness (QED) is 0.575. The first-order valence-electron chi connectivity index (χ1n) is 9.61. The van der Waals surface area contributed by atoms with Crippen LogP contribution in [0.25, 0.3) is 5.69 Å². The fraction of sp³-hybridized carbons (Fsp3) is 0.400. The molecular weight excluding hydrogens is 388 g/mol. The maximum absolute atomic E-state index is 12.7. The molecule has 1 aliphatic heterocycles. The summed E-state index contributed by atoms with van der Waals surface area (Å²) in [5.41, 5.74) is 3.08. The van der Waals surface area contributed by atoms with Crippen LogP contribution in [0, 0.1) is 13.8 Å². The number of piperazine rings is 1. The molecule has 1 aromatic carbocycles. The summed E-state index contributed by atoms with van der Waals surface area (Å²) in [6.07, 6.45) is 1.68. The first-order chi connectivity index (χ1) is 14.1. The molecule has 0 atom stereocenters. The van der Waals surface area contributed by atoms with Gasteiger partial charge in [-0.25, -0.2) is 0 Å². The van der Waals surface area contributed by atoms with E-state index in [1.165, 1.54) is 17.3 Å². The van der Waals surface area contributed by atoms with Gasteiger partial charge in [0.2, 0.25) is 5.91 Å². The summed E-state index contributed by atoms with van der Waals surface area (Å²) in [6.45, 7) is 7.80. The molecule has 9 heteroatoms. The largest absolute Gasteiger partial charge is 0.360 e. The molecule has 1 fully saturated rings. The van der Waals surface area contributed by atoms with Gasteiger partial charge in [0.15, 0.2) is 10.9 Å². The van der Waals surface area contributed by atoms with Crippen molar-refractivity contribution in [1.82, 2.24) is 29.7 Å². The van der Waals surface area contributed by atoms with Gasteiger partial charge in [0.1, 0.15) is 6.33 Å². The molecule has 0 radical (unpaired) electrons. The molecule has 0 saturated carbocycles. The Hall–Kier alpha value is -2.65. The van der Waals surface area contributed by atoms with Gasteiger partial charge in [0, 0.05) is 37.9 Å². The normalized spacial score (nSPS) is 15.0. The van der Waals surface area contributed by atoms with Crippen molar-refractivity contribution in [3.8, 4) is 5.69 Å². The Labute approximate surface area is 173 Å². The minimum Gasteiger partial charge on any atom is -0.360 e. The van der Waals surface area contributed by atoms with Gasteiger partial charge in [0.25, 0.3) is 0 Å². The van der Waals surface area contributed by atoms with Crippen LogP contribution in [0.1, 0.15) is 17.0 Å². The second-order valence-corrected chi connectivity index (χ2v) is 8.14. The van der Waals surface area contributed by atoms with Gasteiger partial charge in [-0.3, -0.25) is 14.3 Å². The molecule has 2 aromatic heterocycles. The fourth-order valence-electron chi connectivity index (χ4n) is 3.29. The van der Waals surface area contributed by atoms with Crippen molar-refractivity contribution in [3.63, 3.8) is 0 Å². The van der Waals surface area contributed by atoms with Gasteiger partial charge in [-0.15, -0.1) is 10.2 Å². The van der Waals surface area contributed by atoms with Crippen LogP contribution in [0.4, 0.5) is 0 Å². The van der Waals surface area contributed by atoms with Crippen LogP contribution in [0.3, 0.4) is 0 Å². The Kier molecular flexibility index (Phi) is 5.96. The zero-order chi connectivity index (χ0) is 20.2. The van der Waals surface area contributed by atoms with Crippen LogP contribution in [-0.2, 0) is 11.3 Å². The van der Waals surface area contributed by atoms with E-state index >= 15 is 0 Å². The summed E-state index contributed by atoms with van der Waals surface area (Å²) in [6, 6.07) is 10.1. The van der Waals surface area contributed by atoms with E-state index in [1.807, 2.05) is 34.6 Å². The zero-order valence-electron chi connectivity index (χ0n) is 16.6. The topological polar surface area (TPSA) is 80.3 Å². The average Bonchev–Trinajstić information content (AvgIpc) is 3.36. The third-order valence-electron chi connectivity index (χ3n) is 4.93. The third-order valence-corrected chi connectivity index (χ3v) is 5.86. The van der Waals surface area contributed by atoms with E-state index in [-0.39, 0.29) is 5.91 Å². The summed E-state index contributed by atoms with van der Waals surface area (Å²) in [5.74, 6) is 1.35. The smallest absolute Gasteiger partial charge is 0.233 e. The van der Waals surface area contributed by atoms with Gasteiger partial charge >= 0.3 is 0 Å². The lowest BCUT2D eigenvalue weighted by Gasteiger charge is -2.34. The van der Waals surface area contributed by atoms with E-state index in [1.54, 1.807) is 6.33 Å². The fourth-order valence-corrected chi connectivity index (χ4v) is 4.12. The number of hydrogen-bond acceptors (Lipinski definition) is 7. The molecule has 1 aliphatic rings. The third kappa shape index (κ3) is 4.86. The van der Waals surface area contributed by atoms with Crippen molar-refractivity contribution in [2.24, 2.45) is 0 Å². The van der Waals surface area contributed by atoms with Gasteiger partial charge in [-0.1, -0.05) is 34.6 Å². The average molecular weight is 413 g/mol. The Balaban J connectivity index is 1.28. The Morgan fingerprint density at radius 1 is 1.14 bits per heavy atom. The molecule has 4 rings (SSSR count). The van der Waals surface area contributed by atoms with Gasteiger partial charge in [0.05, 0.1) is 18.0 Å². The standard InChI is InChI=1S/C20H24N6O2S/c1-15-3-5-17(6-4-15)26-14-21-22-20(26)29-13-19(27)25-9-7-24(8-10-25)12-18-11-16(2)23-28-18/h3-6,11,14H,7-10,12-13H2,1-2H3. The van der Waals surface area contributed by atoms with Crippen LogP contribution in [-0.4, -0.2) is 67.6 Å². The molecule has 0 unspecified atom stereocenters. The van der Waals surface area contributed by atoms with E-state index in [9.17, 15) is 4.79 Å². The Bertz CT molecular complexity index is 960. The van der Waals surface area contributed by atoms with Crippen LogP contribution in [0.15, 0.2) is 46.3 Å². The first kappa shape index (κ1) is 19.7. The molecule has 3 heterocycles. The number of thioether (sulfide) groups is 1. The lowest BCUT2D eigenvalue weighted by atomic mass is 10.2. The Morgan fingerprint density at radius 2 is 1.90 bits per heavy atom. The number of hydrogen-bond donors (Lipinski definition) is 0. The van der Waals surface area contributed by atoms with Crippen molar-refractivity contribution in [1.29, 1.82) is 0 Å². The summed E-state index contributed by atoms with van der Waals surface area (Å²) in [4.78, 5) is 16.9. The Morgan fingerprint density at radius 3 is 2.59 bits per heavy atom. The molecule has 1 amide bonds. The molecule has 152 valence electrons. The highest BCUT2D eigenvalue weighted by Gasteiger charge is 2.22. The number of aryl methyl sites for hydroxylation is 2. The summed E-state index contributed by atoms with van der Waals surface area (Å²) in [7, 11) is 0. The molecule has 0 N–H and O–H groups in total. The maximum Gasteiger partial charge on any atom is 0.233 e. The molecular formula is C20H24N6O2S. The molecule has 29 heavy (non-hydrogen) atoms. The summed E-state index contributed by atoms with van der Waals surface area (Å²) < 4.78 is 7.20. The minimum atomic E-state index is 0.128. The summed E-state index contributed by atoms with van der Waals surface area (Å²) >= 11 is 1.42. The van der Waals surface area contributed by atoms with Crippen LogP contribution < -0.4 is 0 Å². The highest BCUT2D eigenvalue weighted by molar-refractivity contribution is 7.99. The highest BCUT2D eigenvalue weighted by atomic mass is 32.2. The summed E-state index contributed by atoms with van der Waals surface area (Å²) in [5, 5.41) is 12.8. The van der Waals surface area contributed by atoms with E-state index in [2.05, 4.69) is 39.3 Å². The lowest BCUT2D eigenvalue weighted by molar-refractivity contribution is -0.130. The van der Waals surface area contributed by atoms with Crippen LogP contribution >= 0.6 is 11.8 Å². The SMILES string of the molecule is Cc1ccc(-n2cnnc2SCC(=O)N2CCN(Cc3cc(C)no3)CC2)cc1. The van der Waals surface area contributed by atoms with E-state index in [0.717, 1.165) is 55.0 Å². The second-order valence-electron chi connectivity index (χ2n) is 7.20. The number of carbonyl (C=O) groups excluding carboxylic acids is 1. The van der Waals surface area contributed by atoms with Crippen molar-refractivity contribution >= 4 is 17.7 Å². The highest BCUT2D eigenvalue weighted by Crippen LogP contribution is 2.20. The number of amides is 1. The first-order valence-corrected chi connectivity index (χ1v) is 10.6.